The number of nitrogens with zero attached hydrogens (tertiary/aromatic N) is 1. The Balaban J connectivity index is 1.34. The van der Waals surface area contributed by atoms with Crippen molar-refractivity contribution in [3.05, 3.63) is 29.8 Å². The Morgan fingerprint density at radius 3 is 2.16 bits per heavy atom. The molecule has 1 N–H and O–H groups in total. The summed E-state index contributed by atoms with van der Waals surface area (Å²) in [7, 11) is 0. The van der Waals surface area contributed by atoms with Crippen molar-refractivity contribution in [3.8, 4) is 0 Å². The van der Waals surface area contributed by atoms with E-state index in [1.807, 2.05) is 19.1 Å². The summed E-state index contributed by atoms with van der Waals surface area (Å²) in [6.45, 7) is 3.03. The number of hydrogen-bond donors (Lipinski definition) is 1. The van der Waals surface area contributed by atoms with Gasteiger partial charge in [-0.15, -0.1) is 0 Å². The van der Waals surface area contributed by atoms with Crippen molar-refractivity contribution in [1.82, 2.24) is 4.90 Å². The quantitative estimate of drug-likeness (QED) is 0.331. The molecule has 1 aromatic rings. The topological polar surface area (TPSA) is 92.8 Å². The summed E-state index contributed by atoms with van der Waals surface area (Å²) in [6.07, 6.45) is 1.72. The molecular weight excluding hydrogens is 532 g/mol. The molecule has 0 aromatic heterocycles. The zero-order valence-corrected chi connectivity index (χ0v) is 20.4. The summed E-state index contributed by atoms with van der Waals surface area (Å²) in [5.41, 5.74) is 1.75. The van der Waals surface area contributed by atoms with E-state index >= 15 is 0 Å². The molecule has 1 saturated heterocycles. The third-order valence-electron chi connectivity index (χ3n) is 6.74. The first-order valence-corrected chi connectivity index (χ1v) is 12.3. The van der Waals surface area contributed by atoms with Gasteiger partial charge in [-0.1, -0.05) is 50.9 Å². The number of alkyl halides is 2. The number of carbonyl (C=O) groups is 4. The molecule has 3 fully saturated rings. The average molecular weight is 556 g/mol. The van der Waals surface area contributed by atoms with Gasteiger partial charge in [0.25, 0.3) is 5.91 Å². The first-order chi connectivity index (χ1) is 14.7. The lowest BCUT2D eigenvalue weighted by molar-refractivity contribution is -0.159. The molecule has 1 aliphatic heterocycles. The minimum Gasteiger partial charge on any atom is -0.454 e. The fourth-order valence-corrected chi connectivity index (χ4v) is 7.01. The molecule has 2 bridgehead atoms. The number of ether oxygens (including phenoxy) is 1. The highest BCUT2D eigenvalue weighted by molar-refractivity contribution is 9.12. The third-order valence-corrected chi connectivity index (χ3v) is 9.95. The van der Waals surface area contributed by atoms with Crippen LogP contribution in [0.2, 0.25) is 0 Å². The molecule has 0 unspecified atom stereocenters. The normalized spacial score (nSPS) is 32.2. The van der Waals surface area contributed by atoms with E-state index in [1.54, 1.807) is 12.1 Å². The molecule has 31 heavy (non-hydrogen) atoms. The molecule has 0 radical (unpaired) electrons. The Kier molecular flexibility index (Phi) is 6.27. The number of halogens is 2. The van der Waals surface area contributed by atoms with Crippen molar-refractivity contribution in [2.75, 3.05) is 11.9 Å². The van der Waals surface area contributed by atoms with Crippen LogP contribution in [-0.2, 0) is 30.3 Å². The van der Waals surface area contributed by atoms with Crippen LogP contribution in [0.5, 0.6) is 0 Å². The Hall–Kier alpha value is -1.74. The van der Waals surface area contributed by atoms with Gasteiger partial charge >= 0.3 is 5.97 Å². The number of carbonyl (C=O) groups excluding carboxylic acids is 4. The van der Waals surface area contributed by atoms with Crippen molar-refractivity contribution >= 4 is 61.2 Å². The Bertz CT molecular complexity index is 889. The van der Waals surface area contributed by atoms with Crippen molar-refractivity contribution in [1.29, 1.82) is 0 Å². The van der Waals surface area contributed by atoms with Crippen LogP contribution in [-0.4, -0.2) is 50.9 Å². The molecule has 0 spiro atoms. The highest BCUT2D eigenvalue weighted by Crippen LogP contribution is 2.60. The van der Waals surface area contributed by atoms with Crippen LogP contribution in [0.25, 0.3) is 0 Å². The first-order valence-electron chi connectivity index (χ1n) is 10.4. The molecule has 166 valence electrons. The van der Waals surface area contributed by atoms with E-state index in [-0.39, 0.29) is 45.1 Å². The zero-order valence-electron chi connectivity index (χ0n) is 17.2. The number of aryl methyl sites for hydroxylation is 1. The molecule has 2 saturated carbocycles. The molecular formula is C22H24Br2N2O5. The molecule has 7 atom stereocenters. The zero-order chi connectivity index (χ0) is 22.4. The van der Waals surface area contributed by atoms with Crippen LogP contribution >= 0.6 is 31.9 Å². The van der Waals surface area contributed by atoms with Crippen LogP contribution < -0.4 is 5.32 Å². The van der Waals surface area contributed by atoms with Gasteiger partial charge in [-0.05, 0) is 49.3 Å². The molecule has 1 aromatic carbocycles. The summed E-state index contributed by atoms with van der Waals surface area (Å²) in [5, 5.41) is 2.66. The van der Waals surface area contributed by atoms with Gasteiger partial charge < -0.3 is 10.1 Å². The van der Waals surface area contributed by atoms with Crippen LogP contribution in [0, 0.1) is 23.7 Å². The van der Waals surface area contributed by atoms with Crippen LogP contribution in [0.15, 0.2) is 24.3 Å². The number of rotatable bonds is 6. The van der Waals surface area contributed by atoms with Gasteiger partial charge in [-0.25, -0.2) is 4.79 Å². The van der Waals surface area contributed by atoms with Gasteiger partial charge in [0, 0.05) is 15.3 Å². The molecule has 3 aliphatic rings. The minimum absolute atomic E-state index is 0.0777. The fourth-order valence-electron chi connectivity index (χ4n) is 5.14. The summed E-state index contributed by atoms with van der Waals surface area (Å²) in [5.74, 6) is -2.49. The summed E-state index contributed by atoms with van der Waals surface area (Å²) in [6, 6.07) is 6.32. The van der Waals surface area contributed by atoms with Gasteiger partial charge in [0.1, 0.15) is 6.04 Å². The molecule has 2 aliphatic carbocycles. The average Bonchev–Trinajstić information content (AvgIpc) is 3.37. The fraction of sp³-hybridized carbons (Fsp3) is 0.545. The van der Waals surface area contributed by atoms with Crippen LogP contribution in [0.4, 0.5) is 5.69 Å². The predicted octanol–water partition coefficient (Wildman–Crippen LogP) is 2.90. The lowest BCUT2D eigenvalue weighted by atomic mass is 9.81. The Morgan fingerprint density at radius 2 is 1.65 bits per heavy atom. The third kappa shape index (κ3) is 3.84. The Morgan fingerprint density at radius 1 is 1.10 bits per heavy atom. The molecule has 9 heteroatoms. The molecule has 3 amide bonds. The number of esters is 1. The number of anilines is 1. The highest BCUT2D eigenvalue weighted by atomic mass is 79.9. The van der Waals surface area contributed by atoms with E-state index in [2.05, 4.69) is 37.2 Å². The van der Waals surface area contributed by atoms with E-state index < -0.39 is 24.5 Å². The maximum Gasteiger partial charge on any atom is 0.329 e. The van der Waals surface area contributed by atoms with Gasteiger partial charge in [0.2, 0.25) is 11.8 Å². The first kappa shape index (κ1) is 22.5. The summed E-state index contributed by atoms with van der Waals surface area (Å²) < 4.78 is 5.11. The second-order valence-electron chi connectivity index (χ2n) is 8.43. The van der Waals surface area contributed by atoms with Gasteiger partial charge in [0.15, 0.2) is 6.61 Å². The van der Waals surface area contributed by atoms with E-state index in [0.717, 1.165) is 23.3 Å². The molecule has 7 nitrogen and oxygen atoms in total. The highest BCUT2D eigenvalue weighted by Gasteiger charge is 2.67. The number of benzene rings is 1. The number of likely N-dealkylation sites (tertiary alicyclic amines) is 1. The number of amides is 3. The number of hydrogen-bond acceptors (Lipinski definition) is 5. The largest absolute Gasteiger partial charge is 0.454 e. The predicted molar refractivity (Wildman–Crippen MR) is 121 cm³/mol. The second kappa shape index (κ2) is 8.65. The number of nitrogens with one attached hydrogen (secondary N) is 1. The van der Waals surface area contributed by atoms with E-state index in [1.165, 1.54) is 6.92 Å². The maximum atomic E-state index is 13.0. The minimum atomic E-state index is -1.07. The van der Waals surface area contributed by atoms with Crippen molar-refractivity contribution in [2.45, 2.75) is 42.4 Å². The molecule has 1 heterocycles. The van der Waals surface area contributed by atoms with E-state index in [0.29, 0.717) is 5.69 Å². The summed E-state index contributed by atoms with van der Waals surface area (Å²) in [4.78, 5) is 52.0. The molecule has 4 rings (SSSR count). The van der Waals surface area contributed by atoms with E-state index in [4.69, 9.17) is 4.74 Å². The van der Waals surface area contributed by atoms with Gasteiger partial charge in [0.05, 0.1) is 11.8 Å². The second-order valence-corrected chi connectivity index (χ2v) is 10.5. The standard InChI is InChI=1S/C22H24Br2N2O5/c1-3-11-4-6-12(7-5-11)25-15(27)9-31-22(30)10(2)26-20(28)16-13-8-14(17(16)21(26)29)19(24)18(13)23/h4-7,10,13-14,16-19H,3,8-9H2,1-2H3,(H,25,27)/t10-,13+,14+,16+,17+,18-,19-/m0/s1. The van der Waals surface area contributed by atoms with Crippen LogP contribution in [0.1, 0.15) is 25.8 Å². The van der Waals surface area contributed by atoms with Gasteiger partial charge in [-0.3, -0.25) is 19.3 Å². The smallest absolute Gasteiger partial charge is 0.329 e. The maximum absolute atomic E-state index is 13.0. The van der Waals surface area contributed by atoms with Crippen molar-refractivity contribution in [2.24, 2.45) is 23.7 Å². The SMILES string of the molecule is CCc1ccc(NC(=O)COC(=O)[C@H](C)N2C(=O)[C@@H]3[C@H]4C[C@@H]([C@H](Br)[C@H]4Br)[C@H]3C2=O)cc1. The lowest BCUT2D eigenvalue weighted by Gasteiger charge is -2.28. The Labute approximate surface area is 197 Å². The van der Waals surface area contributed by atoms with Gasteiger partial charge in [-0.2, -0.15) is 0 Å². The summed E-state index contributed by atoms with van der Waals surface area (Å²) >= 11 is 7.28. The van der Waals surface area contributed by atoms with Crippen molar-refractivity contribution in [3.63, 3.8) is 0 Å². The van der Waals surface area contributed by atoms with Crippen LogP contribution in [0.3, 0.4) is 0 Å². The number of imide groups is 1. The van der Waals surface area contributed by atoms with Crippen molar-refractivity contribution < 1.29 is 23.9 Å². The lowest BCUT2D eigenvalue weighted by Crippen LogP contribution is -2.45. The van der Waals surface area contributed by atoms with E-state index in [9.17, 15) is 19.2 Å². The number of fused-ring (bicyclic) bond motifs is 5. The monoisotopic (exact) mass is 554 g/mol.